The van der Waals surface area contributed by atoms with Gasteiger partial charge in [-0.1, -0.05) is 29.8 Å². The fourth-order valence-corrected chi connectivity index (χ4v) is 6.55. The van der Waals surface area contributed by atoms with Crippen LogP contribution in [-0.4, -0.2) is 60.1 Å². The summed E-state index contributed by atoms with van der Waals surface area (Å²) in [6.45, 7) is 3.47. The van der Waals surface area contributed by atoms with Gasteiger partial charge in [0.05, 0.1) is 22.6 Å². The van der Waals surface area contributed by atoms with Gasteiger partial charge in [0, 0.05) is 37.6 Å². The second-order valence-electron chi connectivity index (χ2n) is 10.9. The molecule has 1 N–H and O–H groups in total. The molecule has 0 unspecified atom stereocenters. The molecule has 3 amide bonds. The SMILES string of the molecule is CCOC(=O)N1CCC2(CC1)C(=O)N(CC1CCC(NC(=O)c3cc(Cl)cnc3C(F)(F)F)CC1)c1ccccc12. The smallest absolute Gasteiger partial charge is 0.434 e. The van der Waals surface area contributed by atoms with Crippen LogP contribution in [0.2, 0.25) is 5.02 Å². The lowest BCUT2D eigenvalue weighted by Crippen LogP contribution is -2.51. The highest BCUT2D eigenvalue weighted by molar-refractivity contribution is 6.30. The number of carbonyl (C=O) groups is 3. The van der Waals surface area contributed by atoms with Crippen molar-refractivity contribution in [2.75, 3.05) is 31.1 Å². The Kier molecular flexibility index (Phi) is 8.18. The molecule has 220 valence electrons. The van der Waals surface area contributed by atoms with Gasteiger partial charge in [0.15, 0.2) is 5.69 Å². The number of fused-ring (bicyclic) bond motifs is 2. The Morgan fingerprint density at radius 3 is 2.49 bits per heavy atom. The van der Waals surface area contributed by atoms with Crippen molar-refractivity contribution in [1.29, 1.82) is 0 Å². The number of halogens is 4. The average molecular weight is 593 g/mol. The van der Waals surface area contributed by atoms with Gasteiger partial charge in [-0.15, -0.1) is 0 Å². The normalized spacial score (nSPS) is 22.0. The lowest BCUT2D eigenvalue weighted by atomic mass is 9.73. The molecule has 2 aromatic rings. The van der Waals surface area contributed by atoms with Crippen LogP contribution in [0.1, 0.15) is 67.1 Å². The van der Waals surface area contributed by atoms with E-state index in [0.717, 1.165) is 23.5 Å². The first-order valence-corrected chi connectivity index (χ1v) is 14.3. The number of benzene rings is 1. The lowest BCUT2D eigenvalue weighted by molar-refractivity contribution is -0.141. The van der Waals surface area contributed by atoms with Gasteiger partial charge in [-0.05, 0) is 69.1 Å². The van der Waals surface area contributed by atoms with Crippen molar-refractivity contribution < 1.29 is 32.3 Å². The molecule has 41 heavy (non-hydrogen) atoms. The third-order valence-electron chi connectivity index (χ3n) is 8.50. The number of nitrogens with one attached hydrogen (secondary N) is 1. The van der Waals surface area contributed by atoms with Crippen LogP contribution in [0.4, 0.5) is 23.7 Å². The zero-order valence-electron chi connectivity index (χ0n) is 22.7. The Labute approximate surface area is 241 Å². The Bertz CT molecular complexity index is 1320. The molecule has 1 aromatic carbocycles. The minimum atomic E-state index is -4.78. The molecule has 3 aliphatic rings. The van der Waals surface area contributed by atoms with E-state index in [1.54, 1.807) is 11.8 Å². The van der Waals surface area contributed by atoms with E-state index in [-0.39, 0.29) is 29.0 Å². The van der Waals surface area contributed by atoms with Crippen LogP contribution in [-0.2, 0) is 21.1 Å². The van der Waals surface area contributed by atoms with E-state index in [1.807, 2.05) is 29.2 Å². The molecule has 1 aromatic heterocycles. The van der Waals surface area contributed by atoms with Gasteiger partial charge in [0.2, 0.25) is 5.91 Å². The van der Waals surface area contributed by atoms with Gasteiger partial charge in [-0.3, -0.25) is 9.59 Å². The van der Waals surface area contributed by atoms with Crippen molar-refractivity contribution in [3.63, 3.8) is 0 Å². The second-order valence-corrected chi connectivity index (χ2v) is 11.4. The molecule has 12 heteroatoms. The number of carbonyl (C=O) groups excluding carboxylic acids is 3. The van der Waals surface area contributed by atoms with Crippen molar-refractivity contribution in [3.8, 4) is 0 Å². The molecule has 5 rings (SSSR count). The van der Waals surface area contributed by atoms with Crippen LogP contribution < -0.4 is 10.2 Å². The Morgan fingerprint density at radius 2 is 1.83 bits per heavy atom. The standard InChI is InChI=1S/C29H32ClF3N4O4/c1-2-41-27(40)36-13-11-28(12-14-36)22-5-3-4-6-23(22)37(26(28)39)17-18-7-9-20(10-8-18)35-25(38)21-15-19(30)16-34-24(21)29(31,32)33/h3-6,15-16,18,20H,2,7-14,17H2,1H3,(H,35,38). The molecular weight excluding hydrogens is 561 g/mol. The van der Waals surface area contributed by atoms with Crippen molar-refractivity contribution in [1.82, 2.24) is 15.2 Å². The van der Waals surface area contributed by atoms with Gasteiger partial charge < -0.3 is 19.9 Å². The largest absolute Gasteiger partial charge is 0.450 e. The number of piperidine rings is 1. The summed E-state index contributed by atoms with van der Waals surface area (Å²) in [5, 5.41) is 2.67. The van der Waals surface area contributed by atoms with Crippen molar-refractivity contribution in [3.05, 3.63) is 58.4 Å². The highest BCUT2D eigenvalue weighted by Gasteiger charge is 2.52. The molecule has 1 saturated heterocycles. The molecule has 0 bridgehead atoms. The predicted molar refractivity (Wildman–Crippen MR) is 146 cm³/mol. The maximum Gasteiger partial charge on any atom is 0.434 e. The fourth-order valence-electron chi connectivity index (χ4n) is 6.40. The van der Waals surface area contributed by atoms with Crippen LogP contribution in [0, 0.1) is 5.92 Å². The Balaban J connectivity index is 1.22. The minimum absolute atomic E-state index is 0.0470. The number of ether oxygens (including phenoxy) is 1. The number of pyridine rings is 1. The molecule has 1 spiro atoms. The minimum Gasteiger partial charge on any atom is -0.450 e. The maximum absolute atomic E-state index is 13.9. The highest BCUT2D eigenvalue weighted by atomic mass is 35.5. The first-order chi connectivity index (χ1) is 19.5. The van der Waals surface area contributed by atoms with E-state index >= 15 is 0 Å². The van der Waals surface area contributed by atoms with E-state index in [9.17, 15) is 27.6 Å². The quantitative estimate of drug-likeness (QED) is 0.489. The van der Waals surface area contributed by atoms with Crippen LogP contribution in [0.3, 0.4) is 0 Å². The Morgan fingerprint density at radius 1 is 1.15 bits per heavy atom. The molecule has 0 radical (unpaired) electrons. The zero-order valence-corrected chi connectivity index (χ0v) is 23.4. The highest BCUT2D eigenvalue weighted by Crippen LogP contribution is 2.48. The summed E-state index contributed by atoms with van der Waals surface area (Å²) in [4.78, 5) is 45.8. The van der Waals surface area contributed by atoms with Crippen molar-refractivity contribution in [2.45, 2.75) is 63.1 Å². The molecule has 3 heterocycles. The summed E-state index contributed by atoms with van der Waals surface area (Å²) in [7, 11) is 0. The second kappa shape index (κ2) is 11.5. The zero-order chi connectivity index (χ0) is 29.4. The van der Waals surface area contributed by atoms with E-state index in [4.69, 9.17) is 16.3 Å². The van der Waals surface area contributed by atoms with E-state index < -0.39 is 28.8 Å². The molecule has 1 aliphatic carbocycles. The number of rotatable bonds is 5. The third-order valence-corrected chi connectivity index (χ3v) is 8.70. The number of aromatic nitrogens is 1. The summed E-state index contributed by atoms with van der Waals surface area (Å²) in [6, 6.07) is 8.50. The summed E-state index contributed by atoms with van der Waals surface area (Å²) in [5.41, 5.74) is -0.644. The summed E-state index contributed by atoms with van der Waals surface area (Å²) >= 11 is 5.82. The lowest BCUT2D eigenvalue weighted by Gasteiger charge is -2.38. The summed E-state index contributed by atoms with van der Waals surface area (Å²) < 4.78 is 45.3. The van der Waals surface area contributed by atoms with Gasteiger partial charge >= 0.3 is 12.3 Å². The number of hydrogen-bond acceptors (Lipinski definition) is 5. The predicted octanol–water partition coefficient (Wildman–Crippen LogP) is 5.58. The van der Waals surface area contributed by atoms with Gasteiger partial charge in [0.25, 0.3) is 5.91 Å². The molecule has 1 saturated carbocycles. The van der Waals surface area contributed by atoms with Crippen LogP contribution in [0.15, 0.2) is 36.5 Å². The van der Waals surface area contributed by atoms with Crippen LogP contribution in [0.5, 0.6) is 0 Å². The summed E-state index contributed by atoms with van der Waals surface area (Å²) in [6.07, 6.45) is -0.642. The Hall–Kier alpha value is -3.34. The fraction of sp³-hybridized carbons (Fsp3) is 0.517. The molecule has 0 atom stereocenters. The van der Waals surface area contributed by atoms with E-state index in [0.29, 0.717) is 64.8 Å². The molecule has 8 nitrogen and oxygen atoms in total. The van der Waals surface area contributed by atoms with E-state index in [1.165, 1.54) is 0 Å². The first-order valence-electron chi connectivity index (χ1n) is 13.9. The van der Waals surface area contributed by atoms with E-state index in [2.05, 4.69) is 10.3 Å². The molecule has 2 aliphatic heterocycles. The van der Waals surface area contributed by atoms with Gasteiger partial charge in [-0.25, -0.2) is 9.78 Å². The number of alkyl halides is 3. The molecular formula is C29H32ClF3N4O4. The third kappa shape index (κ3) is 5.73. The topological polar surface area (TPSA) is 91.8 Å². The van der Waals surface area contributed by atoms with Gasteiger partial charge in [-0.2, -0.15) is 13.2 Å². The number of anilines is 1. The van der Waals surface area contributed by atoms with Crippen LogP contribution >= 0.6 is 11.6 Å². The van der Waals surface area contributed by atoms with Crippen molar-refractivity contribution >= 4 is 35.2 Å². The number of amides is 3. The monoisotopic (exact) mass is 592 g/mol. The first kappa shape index (κ1) is 29.2. The van der Waals surface area contributed by atoms with Crippen molar-refractivity contribution in [2.24, 2.45) is 5.92 Å². The number of nitrogens with zero attached hydrogens (tertiary/aromatic N) is 3. The average Bonchev–Trinajstić information content (AvgIpc) is 3.16. The maximum atomic E-state index is 13.9. The molecule has 2 fully saturated rings. The number of likely N-dealkylation sites (tertiary alicyclic amines) is 1. The number of para-hydroxylation sites is 1. The summed E-state index contributed by atoms with van der Waals surface area (Å²) in [5.74, 6) is -0.630. The van der Waals surface area contributed by atoms with Crippen LogP contribution in [0.25, 0.3) is 0 Å². The van der Waals surface area contributed by atoms with Gasteiger partial charge in [0.1, 0.15) is 0 Å². The number of hydrogen-bond donors (Lipinski definition) is 1.